The lowest BCUT2D eigenvalue weighted by Crippen LogP contribution is -2.41. The zero-order chi connectivity index (χ0) is 18.5. The van der Waals surface area contributed by atoms with E-state index in [2.05, 4.69) is 24.1 Å². The van der Waals surface area contributed by atoms with E-state index in [1.165, 1.54) is 4.31 Å². The van der Waals surface area contributed by atoms with E-state index in [0.29, 0.717) is 5.69 Å². The van der Waals surface area contributed by atoms with Crippen molar-refractivity contribution < 1.29 is 13.2 Å². The van der Waals surface area contributed by atoms with Crippen LogP contribution in [0.3, 0.4) is 0 Å². The van der Waals surface area contributed by atoms with Gasteiger partial charge in [0, 0.05) is 30.5 Å². The van der Waals surface area contributed by atoms with Crippen LogP contribution >= 0.6 is 0 Å². The highest BCUT2D eigenvalue weighted by Gasteiger charge is 2.23. The van der Waals surface area contributed by atoms with Crippen molar-refractivity contribution >= 4 is 27.3 Å². The van der Waals surface area contributed by atoms with Gasteiger partial charge in [-0.05, 0) is 58.4 Å². The number of nitrogens with one attached hydrogen (secondary N) is 1. The van der Waals surface area contributed by atoms with Crippen LogP contribution < -0.4 is 10.2 Å². The van der Waals surface area contributed by atoms with Crippen molar-refractivity contribution in [3.05, 3.63) is 23.8 Å². The summed E-state index contributed by atoms with van der Waals surface area (Å²) in [6.07, 6.45) is 1.12. The van der Waals surface area contributed by atoms with E-state index in [-0.39, 0.29) is 18.5 Å². The Balaban J connectivity index is 2.88. The monoisotopic (exact) mass is 355 g/mol. The van der Waals surface area contributed by atoms with Gasteiger partial charge in [0.25, 0.3) is 0 Å². The van der Waals surface area contributed by atoms with Crippen molar-refractivity contribution in [1.82, 2.24) is 4.31 Å². The Morgan fingerprint density at radius 1 is 1.21 bits per heavy atom. The Morgan fingerprint density at radius 2 is 1.79 bits per heavy atom. The maximum atomic E-state index is 12.2. The normalized spacial score (nSPS) is 11.8. The van der Waals surface area contributed by atoms with Crippen LogP contribution in [0.25, 0.3) is 0 Å². The number of anilines is 2. The van der Waals surface area contributed by atoms with Gasteiger partial charge in [0.2, 0.25) is 15.9 Å². The van der Waals surface area contributed by atoms with Crippen molar-refractivity contribution in [2.75, 3.05) is 36.1 Å². The van der Waals surface area contributed by atoms with Gasteiger partial charge in [-0.2, -0.15) is 4.31 Å². The third kappa shape index (κ3) is 5.49. The van der Waals surface area contributed by atoms with Gasteiger partial charge in [-0.25, -0.2) is 8.42 Å². The molecular formula is C17H29N3O3S. The number of aryl methyl sites for hydroxylation is 1. The summed E-state index contributed by atoms with van der Waals surface area (Å²) in [5.41, 5.74) is 2.76. The Morgan fingerprint density at radius 3 is 2.21 bits per heavy atom. The fourth-order valence-corrected chi connectivity index (χ4v) is 3.71. The van der Waals surface area contributed by atoms with Crippen LogP contribution in [0.2, 0.25) is 0 Å². The van der Waals surface area contributed by atoms with E-state index in [9.17, 15) is 13.2 Å². The molecule has 0 unspecified atom stereocenters. The lowest BCUT2D eigenvalue weighted by molar-refractivity contribution is -0.116. The maximum Gasteiger partial charge on any atom is 0.239 e. The molecule has 0 saturated heterocycles. The molecule has 0 aliphatic heterocycles. The molecule has 0 bridgehead atoms. The highest BCUT2D eigenvalue weighted by atomic mass is 32.2. The van der Waals surface area contributed by atoms with Crippen LogP contribution in [0.15, 0.2) is 18.2 Å². The van der Waals surface area contributed by atoms with Crippen molar-refractivity contribution in [3.8, 4) is 0 Å². The van der Waals surface area contributed by atoms with Gasteiger partial charge in [-0.15, -0.1) is 0 Å². The zero-order valence-corrected chi connectivity index (χ0v) is 16.3. The van der Waals surface area contributed by atoms with Crippen molar-refractivity contribution in [2.24, 2.45) is 0 Å². The van der Waals surface area contributed by atoms with E-state index >= 15 is 0 Å². The number of hydrogen-bond acceptors (Lipinski definition) is 4. The second-order valence-corrected chi connectivity index (χ2v) is 8.06. The molecule has 1 rings (SSSR count). The first kappa shape index (κ1) is 20.4. The topological polar surface area (TPSA) is 69.7 Å². The quantitative estimate of drug-likeness (QED) is 0.778. The molecule has 1 N–H and O–H groups in total. The summed E-state index contributed by atoms with van der Waals surface area (Å²) in [5, 5.41) is 2.81. The summed E-state index contributed by atoms with van der Waals surface area (Å²) >= 11 is 0. The van der Waals surface area contributed by atoms with Gasteiger partial charge in [0.15, 0.2) is 0 Å². The Labute approximate surface area is 145 Å². The molecule has 136 valence electrons. The Hall–Kier alpha value is -1.60. The van der Waals surface area contributed by atoms with Crippen LogP contribution in [0, 0.1) is 6.92 Å². The van der Waals surface area contributed by atoms with Crippen LogP contribution in [-0.4, -0.2) is 50.6 Å². The molecule has 24 heavy (non-hydrogen) atoms. The number of amides is 1. The van der Waals surface area contributed by atoms with Crippen LogP contribution in [-0.2, 0) is 14.8 Å². The summed E-state index contributed by atoms with van der Waals surface area (Å²) < 4.78 is 24.7. The maximum absolute atomic E-state index is 12.2. The second kappa shape index (κ2) is 8.48. The number of hydrogen-bond donors (Lipinski definition) is 1. The lowest BCUT2D eigenvalue weighted by Gasteiger charge is -2.24. The van der Waals surface area contributed by atoms with E-state index in [0.717, 1.165) is 30.6 Å². The SMILES string of the molecule is CCN(CC)c1ccc(NC(=O)CN(C(C)C)S(C)(=O)=O)c(C)c1. The summed E-state index contributed by atoms with van der Waals surface area (Å²) in [6.45, 7) is 11.3. The molecule has 0 aromatic heterocycles. The van der Waals surface area contributed by atoms with Gasteiger partial charge < -0.3 is 10.2 Å². The summed E-state index contributed by atoms with van der Waals surface area (Å²) in [6, 6.07) is 5.59. The number of rotatable bonds is 8. The van der Waals surface area contributed by atoms with Crippen molar-refractivity contribution in [3.63, 3.8) is 0 Å². The third-order valence-electron chi connectivity index (χ3n) is 3.91. The molecule has 6 nitrogen and oxygen atoms in total. The third-order valence-corrected chi connectivity index (χ3v) is 5.32. The molecule has 0 fully saturated rings. The minimum Gasteiger partial charge on any atom is -0.372 e. The number of carbonyl (C=O) groups is 1. The van der Waals surface area contributed by atoms with Crippen LogP contribution in [0.5, 0.6) is 0 Å². The molecule has 0 aliphatic carbocycles. The predicted molar refractivity (Wildman–Crippen MR) is 100 cm³/mol. The molecule has 0 spiro atoms. The van der Waals surface area contributed by atoms with Gasteiger partial charge >= 0.3 is 0 Å². The molecule has 0 saturated carbocycles. The number of sulfonamides is 1. The molecular weight excluding hydrogens is 326 g/mol. The van der Waals surface area contributed by atoms with E-state index in [4.69, 9.17) is 0 Å². The van der Waals surface area contributed by atoms with E-state index in [1.54, 1.807) is 13.8 Å². The second-order valence-electron chi connectivity index (χ2n) is 6.12. The first-order chi connectivity index (χ1) is 11.1. The largest absolute Gasteiger partial charge is 0.372 e. The highest BCUT2D eigenvalue weighted by Crippen LogP contribution is 2.22. The first-order valence-corrected chi connectivity index (χ1v) is 10.1. The summed E-state index contributed by atoms with van der Waals surface area (Å²) in [5.74, 6) is -0.340. The molecule has 0 aliphatic rings. The molecule has 0 atom stereocenters. The summed E-state index contributed by atoms with van der Waals surface area (Å²) in [7, 11) is -3.42. The molecule has 7 heteroatoms. The van der Waals surface area contributed by atoms with Gasteiger partial charge in [-0.3, -0.25) is 4.79 Å². The number of nitrogens with zero attached hydrogens (tertiary/aromatic N) is 2. The average molecular weight is 356 g/mol. The van der Waals surface area contributed by atoms with E-state index in [1.807, 2.05) is 25.1 Å². The van der Waals surface area contributed by atoms with Crippen LogP contribution in [0.4, 0.5) is 11.4 Å². The summed E-state index contributed by atoms with van der Waals surface area (Å²) in [4.78, 5) is 14.5. The minimum absolute atomic E-state index is 0.187. The zero-order valence-electron chi connectivity index (χ0n) is 15.5. The van der Waals surface area contributed by atoms with E-state index < -0.39 is 10.0 Å². The molecule has 0 heterocycles. The Kier molecular flexibility index (Phi) is 7.23. The molecule has 1 amide bonds. The molecule has 1 aromatic rings. The van der Waals surface area contributed by atoms with Crippen LogP contribution in [0.1, 0.15) is 33.3 Å². The number of carbonyl (C=O) groups excluding carboxylic acids is 1. The van der Waals surface area contributed by atoms with Gasteiger partial charge in [-0.1, -0.05) is 0 Å². The molecule has 1 aromatic carbocycles. The first-order valence-electron chi connectivity index (χ1n) is 8.22. The highest BCUT2D eigenvalue weighted by molar-refractivity contribution is 7.88. The standard InChI is InChI=1S/C17H29N3O3S/c1-7-19(8-2)15-9-10-16(14(5)11-15)18-17(21)12-20(13(3)4)24(6,22)23/h9-11,13H,7-8,12H2,1-6H3,(H,18,21). The minimum atomic E-state index is -3.42. The van der Waals surface area contributed by atoms with Crippen molar-refractivity contribution in [2.45, 2.75) is 40.7 Å². The average Bonchev–Trinajstić information content (AvgIpc) is 2.47. The van der Waals surface area contributed by atoms with Gasteiger partial charge in [0.1, 0.15) is 0 Å². The fourth-order valence-electron chi connectivity index (χ4n) is 2.59. The number of benzene rings is 1. The van der Waals surface area contributed by atoms with Gasteiger partial charge in [0.05, 0.1) is 12.8 Å². The Bertz CT molecular complexity index is 668. The smallest absolute Gasteiger partial charge is 0.239 e. The van der Waals surface area contributed by atoms with Crippen molar-refractivity contribution in [1.29, 1.82) is 0 Å². The lowest BCUT2D eigenvalue weighted by atomic mass is 10.1. The fraction of sp³-hybridized carbons (Fsp3) is 0.588. The molecule has 0 radical (unpaired) electrons. The predicted octanol–water partition coefficient (Wildman–Crippen LogP) is 2.45.